The van der Waals surface area contributed by atoms with E-state index in [1.54, 1.807) is 49.8 Å². The van der Waals surface area contributed by atoms with Gasteiger partial charge in [-0.3, -0.25) is 14.2 Å². The van der Waals surface area contributed by atoms with Crippen LogP contribution < -0.4 is 15.9 Å². The predicted octanol–water partition coefficient (Wildman–Crippen LogP) is 2.38. The molecule has 7 heteroatoms. The molecule has 0 amide bonds. The number of ether oxygens (including phenoxy) is 1. The van der Waals surface area contributed by atoms with Crippen molar-refractivity contribution >= 4 is 10.9 Å². The number of nitrogens with zero attached hydrogens (tertiary/aromatic N) is 3. The molecule has 1 N–H and O–H groups in total. The van der Waals surface area contributed by atoms with Crippen molar-refractivity contribution in [1.29, 1.82) is 0 Å². The number of nitrogens with one attached hydrogen (secondary N) is 1. The normalized spacial score (nSPS) is 10.9. The van der Waals surface area contributed by atoms with Gasteiger partial charge in [0.15, 0.2) is 0 Å². The molecular weight excluding hydrogens is 356 g/mol. The van der Waals surface area contributed by atoms with Gasteiger partial charge in [-0.1, -0.05) is 12.1 Å². The first-order chi connectivity index (χ1) is 13.5. The Balaban J connectivity index is 1.63. The molecule has 7 nitrogen and oxygen atoms in total. The third-order valence-corrected chi connectivity index (χ3v) is 4.45. The lowest BCUT2D eigenvalue weighted by Crippen LogP contribution is -2.17. The van der Waals surface area contributed by atoms with Crippen molar-refractivity contribution in [2.45, 2.75) is 13.3 Å². The number of hydrogen-bond donors (Lipinski definition) is 1. The fourth-order valence-electron chi connectivity index (χ4n) is 3.01. The van der Waals surface area contributed by atoms with Crippen molar-refractivity contribution in [2.24, 2.45) is 0 Å². The van der Waals surface area contributed by atoms with Crippen LogP contribution in [0.4, 0.5) is 0 Å². The maximum Gasteiger partial charge on any atom is 0.258 e. The number of rotatable bonds is 4. The summed E-state index contributed by atoms with van der Waals surface area (Å²) in [5.74, 6) is 1.70. The molecule has 0 bridgehead atoms. The molecule has 3 aromatic heterocycles. The highest BCUT2D eigenvalue weighted by molar-refractivity contribution is 5.79. The van der Waals surface area contributed by atoms with E-state index in [4.69, 9.17) is 4.74 Å². The van der Waals surface area contributed by atoms with Crippen molar-refractivity contribution in [3.8, 4) is 11.6 Å². The van der Waals surface area contributed by atoms with Crippen LogP contribution in [0.1, 0.15) is 17.0 Å². The Labute approximate surface area is 160 Å². The lowest BCUT2D eigenvalue weighted by atomic mass is 10.2. The molecule has 0 atom stereocenters. The summed E-state index contributed by atoms with van der Waals surface area (Å²) < 4.78 is 6.66. The van der Waals surface area contributed by atoms with E-state index in [1.807, 2.05) is 13.0 Å². The molecule has 0 fully saturated rings. The van der Waals surface area contributed by atoms with Crippen LogP contribution in [0.15, 0.2) is 64.4 Å². The minimum absolute atomic E-state index is 0.137. The molecule has 28 heavy (non-hydrogen) atoms. The van der Waals surface area contributed by atoms with Crippen LogP contribution in [0.2, 0.25) is 0 Å². The Morgan fingerprint density at radius 1 is 1.11 bits per heavy atom. The fraction of sp³-hybridized carbons (Fsp3) is 0.143. The molecule has 4 rings (SSSR count). The summed E-state index contributed by atoms with van der Waals surface area (Å²) in [6.45, 7) is 1.92. The average Bonchev–Trinajstić information content (AvgIpc) is 2.70. The molecule has 0 aliphatic carbocycles. The Hall–Kier alpha value is -3.74. The summed E-state index contributed by atoms with van der Waals surface area (Å²) in [5, 5.41) is 0.482. The molecule has 0 saturated carbocycles. The maximum absolute atomic E-state index is 12.4. The van der Waals surface area contributed by atoms with E-state index in [0.717, 1.165) is 11.1 Å². The SMILES string of the molecule is COc1ccc2nc(Cc3ccc(-n4cc(C)ccc4=O)nc3)[nH]c(=O)c2c1. The van der Waals surface area contributed by atoms with Crippen molar-refractivity contribution in [1.82, 2.24) is 19.5 Å². The molecule has 0 aliphatic heterocycles. The predicted molar refractivity (Wildman–Crippen MR) is 106 cm³/mol. The number of methoxy groups -OCH3 is 1. The second-order valence-corrected chi connectivity index (χ2v) is 6.51. The molecule has 1 aromatic carbocycles. The van der Waals surface area contributed by atoms with Gasteiger partial charge in [-0.2, -0.15) is 0 Å². The van der Waals surface area contributed by atoms with Crippen molar-refractivity contribution in [3.63, 3.8) is 0 Å². The van der Waals surface area contributed by atoms with Gasteiger partial charge in [0, 0.05) is 24.9 Å². The first kappa shape index (κ1) is 17.7. The second-order valence-electron chi connectivity index (χ2n) is 6.51. The van der Waals surface area contributed by atoms with Crippen LogP contribution in [-0.2, 0) is 6.42 Å². The highest BCUT2D eigenvalue weighted by atomic mass is 16.5. The number of aromatic amines is 1. The highest BCUT2D eigenvalue weighted by Crippen LogP contribution is 2.17. The Bertz CT molecular complexity index is 1270. The van der Waals surface area contributed by atoms with Gasteiger partial charge in [0.25, 0.3) is 11.1 Å². The topological polar surface area (TPSA) is 89.9 Å². The van der Waals surface area contributed by atoms with Gasteiger partial charge in [-0.05, 0) is 42.3 Å². The van der Waals surface area contributed by atoms with Gasteiger partial charge in [-0.15, -0.1) is 0 Å². The van der Waals surface area contributed by atoms with E-state index >= 15 is 0 Å². The number of fused-ring (bicyclic) bond motifs is 1. The van der Waals surface area contributed by atoms with Crippen LogP contribution in [0.3, 0.4) is 0 Å². The summed E-state index contributed by atoms with van der Waals surface area (Å²) in [6.07, 6.45) is 3.86. The van der Waals surface area contributed by atoms with Crippen molar-refractivity contribution in [2.75, 3.05) is 7.11 Å². The van der Waals surface area contributed by atoms with E-state index in [2.05, 4.69) is 15.0 Å². The number of hydrogen-bond acceptors (Lipinski definition) is 5. The first-order valence-corrected chi connectivity index (χ1v) is 8.75. The van der Waals surface area contributed by atoms with Crippen molar-refractivity contribution in [3.05, 3.63) is 92.5 Å². The van der Waals surface area contributed by atoms with Gasteiger partial charge in [0.05, 0.1) is 18.0 Å². The Morgan fingerprint density at radius 3 is 2.71 bits per heavy atom. The maximum atomic E-state index is 12.4. The monoisotopic (exact) mass is 374 g/mol. The van der Waals surface area contributed by atoms with Gasteiger partial charge in [-0.25, -0.2) is 9.97 Å². The smallest absolute Gasteiger partial charge is 0.258 e. The zero-order valence-electron chi connectivity index (χ0n) is 15.5. The number of aromatic nitrogens is 4. The summed E-state index contributed by atoms with van der Waals surface area (Å²) in [5.41, 5.74) is 2.10. The molecule has 3 heterocycles. The number of pyridine rings is 2. The molecule has 0 saturated heterocycles. The number of benzene rings is 1. The van der Waals surface area contributed by atoms with Crippen LogP contribution in [0.25, 0.3) is 16.7 Å². The van der Waals surface area contributed by atoms with Gasteiger partial charge >= 0.3 is 0 Å². The molecule has 140 valence electrons. The molecule has 0 unspecified atom stereocenters. The van der Waals surface area contributed by atoms with Gasteiger partial charge in [0.2, 0.25) is 0 Å². The summed E-state index contributed by atoms with van der Waals surface area (Å²) in [6, 6.07) is 12.1. The third-order valence-electron chi connectivity index (χ3n) is 4.45. The molecule has 4 aromatic rings. The minimum Gasteiger partial charge on any atom is -0.497 e. The van der Waals surface area contributed by atoms with Gasteiger partial charge < -0.3 is 9.72 Å². The van der Waals surface area contributed by atoms with Gasteiger partial charge in [0.1, 0.15) is 17.4 Å². The lowest BCUT2D eigenvalue weighted by Gasteiger charge is -2.07. The van der Waals surface area contributed by atoms with E-state index in [-0.39, 0.29) is 11.1 Å². The fourth-order valence-corrected chi connectivity index (χ4v) is 3.01. The zero-order valence-corrected chi connectivity index (χ0v) is 15.5. The van der Waals surface area contributed by atoms with E-state index in [9.17, 15) is 9.59 Å². The zero-order chi connectivity index (χ0) is 19.7. The Kier molecular flexibility index (Phi) is 4.49. The van der Waals surface area contributed by atoms with Crippen LogP contribution in [-0.4, -0.2) is 26.6 Å². The molecule has 0 aliphatic rings. The quantitative estimate of drug-likeness (QED) is 0.592. The Morgan fingerprint density at radius 2 is 1.96 bits per heavy atom. The molecule has 0 spiro atoms. The summed E-state index contributed by atoms with van der Waals surface area (Å²) in [4.78, 5) is 36.1. The summed E-state index contributed by atoms with van der Waals surface area (Å²) in [7, 11) is 1.55. The second kappa shape index (κ2) is 7.11. The van der Waals surface area contributed by atoms with E-state index < -0.39 is 0 Å². The van der Waals surface area contributed by atoms with Crippen LogP contribution in [0.5, 0.6) is 5.75 Å². The lowest BCUT2D eigenvalue weighted by molar-refractivity contribution is 0.415. The van der Waals surface area contributed by atoms with E-state index in [0.29, 0.717) is 34.7 Å². The molecule has 0 radical (unpaired) electrons. The standard InChI is InChI=1S/C21H18N4O3/c1-13-3-8-20(26)25(12-13)19-7-4-14(11-22-19)9-18-23-17-6-5-15(28-2)10-16(17)21(27)24-18/h3-8,10-12H,9H2,1-2H3,(H,23,24,27). The number of aryl methyl sites for hydroxylation is 1. The average molecular weight is 374 g/mol. The van der Waals surface area contributed by atoms with Crippen LogP contribution in [0, 0.1) is 6.92 Å². The first-order valence-electron chi connectivity index (χ1n) is 8.75. The third kappa shape index (κ3) is 3.42. The summed E-state index contributed by atoms with van der Waals surface area (Å²) >= 11 is 0. The van der Waals surface area contributed by atoms with Crippen molar-refractivity contribution < 1.29 is 4.74 Å². The highest BCUT2D eigenvalue weighted by Gasteiger charge is 2.07. The van der Waals surface area contributed by atoms with Crippen LogP contribution >= 0.6 is 0 Å². The molecular formula is C21H18N4O3. The largest absolute Gasteiger partial charge is 0.497 e. The number of H-pyrrole nitrogens is 1. The van der Waals surface area contributed by atoms with E-state index in [1.165, 1.54) is 10.6 Å². The minimum atomic E-state index is -0.213.